The number of hydrogen-bond acceptors (Lipinski definition) is 3. The second-order valence-corrected chi connectivity index (χ2v) is 16.0. The van der Waals surface area contributed by atoms with Crippen LogP contribution in [0.2, 0.25) is 23.7 Å². The molecule has 0 saturated heterocycles. The molecule has 1 aliphatic rings. The zero-order valence-electron chi connectivity index (χ0n) is 16.1. The quantitative estimate of drug-likeness (QED) is 0.544. The zero-order chi connectivity index (χ0) is 16.6. The van der Waals surface area contributed by atoms with Crippen LogP contribution >= 0.6 is 0 Å². The van der Waals surface area contributed by atoms with Crippen molar-refractivity contribution in [3.63, 3.8) is 0 Å². The van der Waals surface area contributed by atoms with E-state index < -0.39 is 16.8 Å². The summed E-state index contributed by atoms with van der Waals surface area (Å²) in [5.74, 6) is 0. The Hall–Kier alpha value is 0.314. The van der Waals surface area contributed by atoms with Gasteiger partial charge in [0, 0.05) is 0 Å². The van der Waals surface area contributed by atoms with Crippen LogP contribution in [-0.2, 0) is 0 Å². The molecule has 0 spiro atoms. The van der Waals surface area contributed by atoms with Gasteiger partial charge >= 0.3 is 0 Å². The molecule has 3 nitrogen and oxygen atoms in total. The van der Waals surface area contributed by atoms with Crippen LogP contribution in [0.3, 0.4) is 0 Å². The van der Waals surface area contributed by atoms with Crippen LogP contribution in [0.15, 0.2) is 0 Å². The Morgan fingerprint density at radius 1 is 0.818 bits per heavy atom. The summed E-state index contributed by atoms with van der Waals surface area (Å²) in [6, 6.07) is 4.18. The first kappa shape index (κ1) is 20.4. The molecule has 22 heavy (non-hydrogen) atoms. The normalized spacial score (nSPS) is 17.6. The summed E-state index contributed by atoms with van der Waals surface area (Å²) in [7, 11) is -3.15. The van der Waals surface area contributed by atoms with E-state index in [2.05, 4.69) is 55.7 Å². The lowest BCUT2D eigenvalue weighted by molar-refractivity contribution is 0.529. The van der Waals surface area contributed by atoms with Gasteiger partial charge in [-0.1, -0.05) is 54.4 Å². The summed E-state index contributed by atoms with van der Waals surface area (Å²) in [6.07, 6.45) is 5.74. The van der Waals surface area contributed by atoms with Gasteiger partial charge in [-0.3, -0.25) is 0 Å². The Kier molecular flexibility index (Phi) is 8.86. The highest BCUT2D eigenvalue weighted by Gasteiger charge is 2.53. The summed E-state index contributed by atoms with van der Waals surface area (Å²) in [4.78, 5) is 8.17. The number of nitrogens with one attached hydrogen (secondary N) is 2. The molecule has 0 unspecified atom stereocenters. The lowest BCUT2D eigenvalue weighted by Crippen LogP contribution is -2.81. The van der Waals surface area contributed by atoms with Crippen molar-refractivity contribution in [2.24, 2.45) is 0 Å². The molecule has 0 heterocycles. The van der Waals surface area contributed by atoms with E-state index in [0.717, 1.165) is 18.6 Å². The van der Waals surface area contributed by atoms with Crippen molar-refractivity contribution in [2.75, 3.05) is 19.6 Å². The van der Waals surface area contributed by atoms with Crippen LogP contribution < -0.4 is 9.96 Å². The van der Waals surface area contributed by atoms with Crippen molar-refractivity contribution >= 4 is 16.8 Å². The fourth-order valence-electron chi connectivity index (χ4n) is 4.93. The Labute approximate surface area is 142 Å². The molecule has 1 rings (SSSR count). The van der Waals surface area contributed by atoms with Crippen LogP contribution in [0.5, 0.6) is 0 Å². The molecule has 0 radical (unpaired) electrons. The first-order valence-electron chi connectivity index (χ1n) is 9.88. The van der Waals surface area contributed by atoms with E-state index in [9.17, 15) is 0 Å². The maximum absolute atomic E-state index is 4.09. The van der Waals surface area contributed by atoms with Crippen molar-refractivity contribution < 1.29 is 0 Å². The molecule has 0 bridgehead atoms. The van der Waals surface area contributed by atoms with E-state index in [1.807, 2.05) is 0 Å². The van der Waals surface area contributed by atoms with Gasteiger partial charge in [-0.25, -0.2) is 0 Å². The van der Waals surface area contributed by atoms with Crippen LogP contribution in [0.1, 0.15) is 67.2 Å². The second-order valence-electron chi connectivity index (χ2n) is 6.84. The molecule has 1 fully saturated rings. The summed E-state index contributed by atoms with van der Waals surface area (Å²) in [5.41, 5.74) is 0.892. The van der Waals surface area contributed by atoms with Gasteiger partial charge in [0.15, 0.2) is 0 Å². The second kappa shape index (κ2) is 9.57. The molecule has 0 aromatic heterocycles. The Bertz CT molecular complexity index is 288. The van der Waals surface area contributed by atoms with E-state index in [-0.39, 0.29) is 0 Å². The third-order valence-corrected chi connectivity index (χ3v) is 18.7. The molecular weight excluding hydrogens is 302 g/mol. The molecule has 2 N–H and O–H groups in total. The molecule has 5 heteroatoms. The summed E-state index contributed by atoms with van der Waals surface area (Å²) in [6.45, 7) is 17.8. The highest BCUT2D eigenvalue weighted by atomic mass is 28.4. The average molecular weight is 344 g/mol. The fraction of sp³-hybridized carbons (Fsp3) is 1.00. The van der Waals surface area contributed by atoms with Gasteiger partial charge < -0.3 is 14.2 Å². The van der Waals surface area contributed by atoms with Gasteiger partial charge in [-0.05, 0) is 56.1 Å². The van der Waals surface area contributed by atoms with Crippen molar-refractivity contribution in [3.8, 4) is 0 Å². The molecule has 0 amide bonds. The minimum Gasteiger partial charge on any atom is -0.321 e. The number of nitrogens with zero attached hydrogens (tertiary/aromatic N) is 1. The SMILES string of the molecule is CCN[Si](NCC)(C1CCCC1)N(CC)[Si](CC)(CC)CC. The van der Waals surface area contributed by atoms with Gasteiger partial charge in [0.05, 0.1) is 0 Å². The molecule has 0 atom stereocenters. The highest BCUT2D eigenvalue weighted by Crippen LogP contribution is 2.41. The molecule has 1 aliphatic carbocycles. The number of hydrogen-bond donors (Lipinski definition) is 2. The van der Waals surface area contributed by atoms with E-state index in [1.54, 1.807) is 0 Å². The summed E-state index contributed by atoms with van der Waals surface area (Å²) < 4.78 is 3.07. The standard InChI is InChI=1S/C17H41N3Si2/c1-7-18-22(19-8-2,17-15-13-14-16-17)20(9-3)21(10-4,11-5)12-6/h17-19H,7-16H2,1-6H3. The van der Waals surface area contributed by atoms with Crippen molar-refractivity contribution in [1.29, 1.82) is 0 Å². The molecular formula is C17H41N3Si2. The molecule has 132 valence electrons. The molecule has 0 aliphatic heterocycles. The van der Waals surface area contributed by atoms with Crippen LogP contribution in [-0.4, -0.2) is 40.7 Å². The smallest absolute Gasteiger partial charge is 0.280 e. The lowest BCUT2D eigenvalue weighted by Gasteiger charge is -2.54. The fourth-order valence-corrected chi connectivity index (χ4v) is 18.0. The van der Waals surface area contributed by atoms with Gasteiger partial charge in [0.1, 0.15) is 8.24 Å². The Balaban J connectivity index is 3.29. The monoisotopic (exact) mass is 343 g/mol. The first-order valence-corrected chi connectivity index (χ1v) is 14.5. The lowest BCUT2D eigenvalue weighted by atomic mass is 10.4. The summed E-state index contributed by atoms with van der Waals surface area (Å²) >= 11 is 0. The topological polar surface area (TPSA) is 27.3 Å². The maximum atomic E-state index is 4.09. The van der Waals surface area contributed by atoms with Gasteiger partial charge in [0.2, 0.25) is 0 Å². The Morgan fingerprint density at radius 2 is 1.27 bits per heavy atom. The zero-order valence-corrected chi connectivity index (χ0v) is 18.1. The predicted octanol–water partition coefficient (Wildman–Crippen LogP) is 4.42. The Morgan fingerprint density at radius 3 is 1.59 bits per heavy atom. The van der Waals surface area contributed by atoms with E-state index in [0.29, 0.717) is 0 Å². The first-order chi connectivity index (χ1) is 10.6. The highest BCUT2D eigenvalue weighted by molar-refractivity contribution is 6.91. The van der Waals surface area contributed by atoms with Crippen LogP contribution in [0.25, 0.3) is 0 Å². The maximum Gasteiger partial charge on any atom is 0.280 e. The average Bonchev–Trinajstić information content (AvgIpc) is 3.07. The predicted molar refractivity (Wildman–Crippen MR) is 105 cm³/mol. The van der Waals surface area contributed by atoms with Crippen LogP contribution in [0.4, 0.5) is 0 Å². The third-order valence-electron chi connectivity index (χ3n) is 6.13. The van der Waals surface area contributed by atoms with Gasteiger partial charge in [-0.2, -0.15) is 0 Å². The van der Waals surface area contributed by atoms with E-state index in [4.69, 9.17) is 0 Å². The van der Waals surface area contributed by atoms with Crippen molar-refractivity contribution in [1.82, 2.24) is 14.2 Å². The van der Waals surface area contributed by atoms with Gasteiger partial charge in [-0.15, -0.1) is 0 Å². The van der Waals surface area contributed by atoms with E-state index >= 15 is 0 Å². The third kappa shape index (κ3) is 3.86. The van der Waals surface area contributed by atoms with E-state index in [1.165, 1.54) is 50.4 Å². The van der Waals surface area contributed by atoms with Crippen LogP contribution in [0, 0.1) is 0 Å². The minimum atomic E-state index is -1.80. The van der Waals surface area contributed by atoms with Gasteiger partial charge in [0.25, 0.3) is 8.56 Å². The molecule has 0 aromatic carbocycles. The number of rotatable bonds is 11. The summed E-state index contributed by atoms with van der Waals surface area (Å²) in [5, 5.41) is 0. The van der Waals surface area contributed by atoms with Crippen molar-refractivity contribution in [2.45, 2.75) is 90.9 Å². The van der Waals surface area contributed by atoms with Crippen molar-refractivity contribution in [3.05, 3.63) is 0 Å². The molecule has 0 aromatic rings. The largest absolute Gasteiger partial charge is 0.321 e. The molecule has 1 saturated carbocycles. The minimum absolute atomic E-state index is 0.892.